The van der Waals surface area contributed by atoms with Gasteiger partial charge in [0, 0.05) is 5.56 Å². The molecule has 2 heterocycles. The monoisotopic (exact) mass is 283 g/mol. The van der Waals surface area contributed by atoms with Crippen LogP contribution in [0.2, 0.25) is 0 Å². The Morgan fingerprint density at radius 3 is 2.52 bits per heavy atom. The molecule has 1 aromatic heterocycles. The second-order valence-electron chi connectivity index (χ2n) is 4.30. The van der Waals surface area contributed by atoms with Gasteiger partial charge in [0.25, 0.3) is 0 Å². The van der Waals surface area contributed by atoms with Gasteiger partial charge in [-0.15, -0.1) is 0 Å². The van der Waals surface area contributed by atoms with Crippen molar-refractivity contribution in [2.75, 3.05) is 0 Å². The predicted molar refractivity (Wildman–Crippen MR) is 73.9 cm³/mol. The van der Waals surface area contributed by atoms with Gasteiger partial charge in [-0.1, -0.05) is 30.3 Å². The van der Waals surface area contributed by atoms with Crippen LogP contribution < -0.4 is 0 Å². The summed E-state index contributed by atoms with van der Waals surface area (Å²) < 4.78 is 10.1. The van der Waals surface area contributed by atoms with E-state index in [1.54, 1.807) is 6.08 Å². The molecule has 1 aliphatic heterocycles. The van der Waals surface area contributed by atoms with Gasteiger partial charge in [0.15, 0.2) is 0 Å². The zero-order chi connectivity index (χ0) is 14.8. The number of carbonyl (C=O) groups excluding carboxylic acids is 1. The molecule has 2 aromatic rings. The summed E-state index contributed by atoms with van der Waals surface area (Å²) in [5.41, 5.74) is 1.05. The van der Waals surface area contributed by atoms with Gasteiger partial charge < -0.3 is 9.15 Å². The van der Waals surface area contributed by atoms with Crippen molar-refractivity contribution in [2.45, 2.75) is 0 Å². The van der Waals surface area contributed by atoms with Crippen molar-refractivity contribution in [2.24, 2.45) is 0 Å². The molecule has 0 spiro atoms. The molecule has 0 bridgehead atoms. The minimum absolute atomic E-state index is 0.221. The number of hydrogen-bond acceptors (Lipinski definition) is 5. The first-order chi connectivity index (χ1) is 10.1. The summed E-state index contributed by atoms with van der Waals surface area (Å²) in [7, 11) is 0. The molecule has 0 unspecified atom stereocenters. The number of benzene rings is 1. The second-order valence-corrected chi connectivity index (χ2v) is 4.30. The van der Waals surface area contributed by atoms with Crippen molar-refractivity contribution >= 4 is 23.7 Å². The summed E-state index contributed by atoms with van der Waals surface area (Å²) in [4.78, 5) is 21.7. The topological polar surface area (TPSA) is 82.6 Å². The molecule has 0 saturated carbocycles. The van der Waals surface area contributed by atoms with Gasteiger partial charge in [-0.25, -0.2) is 4.79 Å². The molecule has 0 radical (unpaired) electrons. The van der Waals surface area contributed by atoms with Crippen LogP contribution in [0.1, 0.15) is 11.3 Å². The number of nitro groups is 1. The van der Waals surface area contributed by atoms with E-state index in [4.69, 9.17) is 9.15 Å². The summed E-state index contributed by atoms with van der Waals surface area (Å²) in [6.45, 7) is 0. The first kappa shape index (κ1) is 12.9. The number of nitrogens with zero attached hydrogens (tertiary/aromatic N) is 1. The van der Waals surface area contributed by atoms with Gasteiger partial charge in [-0.3, -0.25) is 10.1 Å². The van der Waals surface area contributed by atoms with Crippen LogP contribution in [0.15, 0.2) is 58.5 Å². The first-order valence-electron chi connectivity index (χ1n) is 6.09. The van der Waals surface area contributed by atoms with E-state index in [2.05, 4.69) is 0 Å². The molecule has 1 aliphatic rings. The molecule has 0 fully saturated rings. The number of ether oxygens (including phenoxy) is 1. The lowest BCUT2D eigenvalue weighted by Crippen LogP contribution is -1.96. The Hall–Kier alpha value is -3.15. The highest BCUT2D eigenvalue weighted by Gasteiger charge is 2.22. The summed E-state index contributed by atoms with van der Waals surface area (Å²) in [5, 5.41) is 10.5. The van der Waals surface area contributed by atoms with Gasteiger partial charge in [0.2, 0.25) is 0 Å². The molecule has 0 atom stereocenters. The van der Waals surface area contributed by atoms with Crippen molar-refractivity contribution in [3.05, 3.63) is 75.6 Å². The normalized spacial score (nSPS) is 15.9. The van der Waals surface area contributed by atoms with Crippen LogP contribution in [-0.4, -0.2) is 10.9 Å². The number of hydrogen-bond donors (Lipinski definition) is 0. The SMILES string of the molecule is O=C1OC(c2ccccc2)=CC1=Cc1ccc([N+](=O)[O-])o1. The molecule has 104 valence electrons. The third kappa shape index (κ3) is 2.59. The van der Waals surface area contributed by atoms with Gasteiger partial charge in [0.1, 0.15) is 16.4 Å². The van der Waals surface area contributed by atoms with Gasteiger partial charge in [-0.2, -0.15) is 0 Å². The average Bonchev–Trinajstić information content (AvgIpc) is 3.08. The maximum absolute atomic E-state index is 11.8. The van der Waals surface area contributed by atoms with Crippen molar-refractivity contribution in [1.82, 2.24) is 0 Å². The van der Waals surface area contributed by atoms with Crippen molar-refractivity contribution in [3.8, 4) is 0 Å². The van der Waals surface area contributed by atoms with Crippen LogP contribution in [0.5, 0.6) is 0 Å². The molecule has 6 nitrogen and oxygen atoms in total. The number of cyclic esters (lactones) is 1. The van der Waals surface area contributed by atoms with Gasteiger partial charge in [-0.05, 0) is 18.2 Å². The van der Waals surface area contributed by atoms with E-state index >= 15 is 0 Å². The molecular weight excluding hydrogens is 274 g/mol. The van der Waals surface area contributed by atoms with Crippen LogP contribution >= 0.6 is 0 Å². The van der Waals surface area contributed by atoms with Crippen LogP contribution in [-0.2, 0) is 9.53 Å². The number of carbonyl (C=O) groups is 1. The maximum Gasteiger partial charge on any atom is 0.433 e. The summed E-state index contributed by atoms with van der Waals surface area (Å²) in [6, 6.07) is 11.8. The standard InChI is InChI=1S/C15H9NO5/c17-15-11(8-12-6-7-14(20-12)16(18)19)9-13(21-15)10-4-2-1-3-5-10/h1-9H. The average molecular weight is 283 g/mol. The minimum atomic E-state index is -0.639. The Labute approximate surface area is 119 Å². The van der Waals surface area contributed by atoms with E-state index in [9.17, 15) is 14.9 Å². The fourth-order valence-corrected chi connectivity index (χ4v) is 1.90. The number of rotatable bonds is 3. The Morgan fingerprint density at radius 2 is 1.86 bits per heavy atom. The number of esters is 1. The third-order valence-corrected chi connectivity index (χ3v) is 2.87. The second kappa shape index (κ2) is 5.09. The van der Waals surface area contributed by atoms with E-state index in [-0.39, 0.29) is 17.2 Å². The smallest absolute Gasteiger partial charge is 0.422 e. The zero-order valence-corrected chi connectivity index (χ0v) is 10.7. The molecule has 0 amide bonds. The van der Waals surface area contributed by atoms with E-state index in [0.29, 0.717) is 5.76 Å². The Morgan fingerprint density at radius 1 is 1.10 bits per heavy atom. The molecule has 21 heavy (non-hydrogen) atoms. The molecule has 0 saturated heterocycles. The molecule has 1 aromatic carbocycles. The highest BCUT2D eigenvalue weighted by molar-refractivity contribution is 6.04. The number of furan rings is 1. The molecule has 6 heteroatoms. The predicted octanol–water partition coefficient (Wildman–Crippen LogP) is 3.17. The van der Waals surface area contributed by atoms with Crippen molar-refractivity contribution < 1.29 is 18.9 Å². The Bertz CT molecular complexity index is 770. The summed E-state index contributed by atoms with van der Waals surface area (Å²) in [6.07, 6.45) is 2.98. The van der Waals surface area contributed by atoms with E-state index in [0.717, 1.165) is 5.56 Å². The maximum atomic E-state index is 11.8. The van der Waals surface area contributed by atoms with Gasteiger partial charge >= 0.3 is 11.9 Å². The van der Waals surface area contributed by atoms with Crippen LogP contribution in [0, 0.1) is 10.1 Å². The van der Waals surface area contributed by atoms with Crippen molar-refractivity contribution in [1.29, 1.82) is 0 Å². The lowest BCUT2D eigenvalue weighted by atomic mass is 10.1. The van der Waals surface area contributed by atoms with E-state index < -0.39 is 10.9 Å². The Kier molecular flexibility index (Phi) is 3.12. The van der Waals surface area contributed by atoms with Crippen LogP contribution in [0.4, 0.5) is 5.88 Å². The first-order valence-corrected chi connectivity index (χ1v) is 6.09. The Balaban J connectivity index is 1.91. The third-order valence-electron chi connectivity index (χ3n) is 2.87. The molecule has 3 rings (SSSR count). The quantitative estimate of drug-likeness (QED) is 0.374. The van der Waals surface area contributed by atoms with E-state index in [1.807, 2.05) is 30.3 Å². The summed E-state index contributed by atoms with van der Waals surface area (Å²) >= 11 is 0. The van der Waals surface area contributed by atoms with Crippen molar-refractivity contribution in [3.63, 3.8) is 0 Å². The fourth-order valence-electron chi connectivity index (χ4n) is 1.90. The highest BCUT2D eigenvalue weighted by atomic mass is 16.6. The van der Waals surface area contributed by atoms with Crippen LogP contribution in [0.3, 0.4) is 0 Å². The van der Waals surface area contributed by atoms with Crippen LogP contribution in [0.25, 0.3) is 11.8 Å². The summed E-state index contributed by atoms with van der Waals surface area (Å²) in [5.74, 6) is -0.236. The largest absolute Gasteiger partial charge is 0.433 e. The molecule has 0 N–H and O–H groups in total. The molecular formula is C15H9NO5. The highest BCUT2D eigenvalue weighted by Crippen LogP contribution is 2.28. The van der Waals surface area contributed by atoms with E-state index in [1.165, 1.54) is 18.2 Å². The zero-order valence-electron chi connectivity index (χ0n) is 10.7. The van der Waals surface area contributed by atoms with Gasteiger partial charge in [0.05, 0.1) is 11.6 Å². The minimum Gasteiger partial charge on any atom is -0.422 e. The molecule has 0 aliphatic carbocycles. The fraction of sp³-hybridized carbons (Fsp3) is 0. The lowest BCUT2D eigenvalue weighted by molar-refractivity contribution is -0.402. The lowest BCUT2D eigenvalue weighted by Gasteiger charge is -1.99.